The van der Waals surface area contributed by atoms with Crippen molar-refractivity contribution in [1.82, 2.24) is 0 Å². The highest BCUT2D eigenvalue weighted by Gasteiger charge is 2.55. The molecule has 1 atom stereocenters. The first-order chi connectivity index (χ1) is 17.2. The fraction of sp³-hybridized carbons (Fsp3) is 0.567. The van der Waals surface area contributed by atoms with Crippen molar-refractivity contribution in [3.05, 3.63) is 66.3 Å². The summed E-state index contributed by atoms with van der Waals surface area (Å²) >= 11 is 0. The minimum absolute atomic E-state index is 0.0268. The van der Waals surface area contributed by atoms with Crippen LogP contribution in [-0.2, 0) is 19.0 Å². The van der Waals surface area contributed by atoms with Gasteiger partial charge in [0.15, 0.2) is 6.08 Å². The molecule has 186 valence electrons. The molecule has 1 aromatic carbocycles. The lowest BCUT2D eigenvalue weighted by Gasteiger charge is -2.55. The summed E-state index contributed by atoms with van der Waals surface area (Å²) in [6.45, 7) is 2.72. The second kappa shape index (κ2) is 11.5. The van der Waals surface area contributed by atoms with Crippen LogP contribution in [0.3, 0.4) is 0 Å². The van der Waals surface area contributed by atoms with Gasteiger partial charge in [-0.25, -0.2) is 0 Å². The molecule has 0 saturated heterocycles. The average Bonchev–Trinajstić information content (AvgIpc) is 3.14. The number of carbonyl (C=O) groups is 1. The van der Waals surface area contributed by atoms with Gasteiger partial charge < -0.3 is 18.9 Å². The fourth-order valence-corrected chi connectivity index (χ4v) is 6.74. The molecule has 5 nitrogen and oxygen atoms in total. The zero-order valence-electron chi connectivity index (χ0n) is 20.5. The molecule has 5 aliphatic carbocycles. The molecule has 0 N–H and O–H groups in total. The van der Waals surface area contributed by atoms with Crippen molar-refractivity contribution in [2.75, 3.05) is 39.6 Å². The molecular weight excluding hydrogens is 440 g/mol. The van der Waals surface area contributed by atoms with E-state index in [-0.39, 0.29) is 17.3 Å². The molecule has 0 aromatic heterocycles. The van der Waals surface area contributed by atoms with Gasteiger partial charge in [0, 0.05) is 6.08 Å². The molecule has 4 bridgehead atoms. The number of rotatable bonds is 12. The average molecular weight is 478 g/mol. The standard InChI is InChI=1S/C30H37O5/c31-29(30-20-23-17-24(21-30)19-25(18-23)22-30)35-16-14-33-12-11-32-13-15-34-28-9-7-27(8-10-28)26-5-3-1-2-4-6-26/h1-5,7-10,23-26H,11-22H2/q+1. The number of hydrogen-bond donors (Lipinski definition) is 0. The summed E-state index contributed by atoms with van der Waals surface area (Å²) in [7, 11) is 0. The summed E-state index contributed by atoms with van der Waals surface area (Å²) < 4.78 is 22.6. The van der Waals surface area contributed by atoms with E-state index in [1.807, 2.05) is 36.4 Å². The maximum atomic E-state index is 12.8. The molecule has 1 aromatic rings. The Morgan fingerprint density at radius 3 is 2.11 bits per heavy atom. The normalized spacial score (nSPS) is 30.2. The van der Waals surface area contributed by atoms with Crippen LogP contribution in [-0.4, -0.2) is 45.6 Å². The van der Waals surface area contributed by atoms with E-state index in [2.05, 4.69) is 24.3 Å². The van der Waals surface area contributed by atoms with Crippen LogP contribution >= 0.6 is 0 Å². The SMILES string of the molecule is O=C(OCCOCCOCCOc1ccc(C2[C+]=CC=CC=C2)cc1)C12CC3CC(CC(C3)C1)C2. The third-order valence-corrected chi connectivity index (χ3v) is 7.94. The van der Waals surface area contributed by atoms with Crippen molar-refractivity contribution >= 4 is 5.97 Å². The van der Waals surface area contributed by atoms with Crippen molar-refractivity contribution in [3.63, 3.8) is 0 Å². The van der Waals surface area contributed by atoms with Crippen molar-refractivity contribution in [3.8, 4) is 5.75 Å². The highest BCUT2D eigenvalue weighted by Crippen LogP contribution is 2.60. The number of hydrogen-bond acceptors (Lipinski definition) is 5. The highest BCUT2D eigenvalue weighted by atomic mass is 16.6. The Labute approximate surface area is 209 Å². The van der Waals surface area contributed by atoms with Crippen LogP contribution < -0.4 is 4.74 Å². The van der Waals surface area contributed by atoms with E-state index >= 15 is 0 Å². The van der Waals surface area contributed by atoms with Crippen molar-refractivity contribution in [2.45, 2.75) is 44.4 Å². The Kier molecular flexibility index (Phi) is 7.98. The first-order valence-corrected chi connectivity index (χ1v) is 13.2. The molecule has 0 spiro atoms. The summed E-state index contributed by atoms with van der Waals surface area (Å²) in [4.78, 5) is 12.8. The predicted octanol–water partition coefficient (Wildman–Crippen LogP) is 5.43. The predicted molar refractivity (Wildman–Crippen MR) is 134 cm³/mol. The Bertz CT molecular complexity index is 877. The molecule has 0 aliphatic heterocycles. The molecule has 0 amide bonds. The first kappa shape index (κ1) is 24.2. The van der Waals surface area contributed by atoms with Crippen LogP contribution in [0.25, 0.3) is 0 Å². The number of ether oxygens (including phenoxy) is 4. The van der Waals surface area contributed by atoms with Gasteiger partial charge in [-0.05, 0) is 86.1 Å². The lowest BCUT2D eigenvalue weighted by atomic mass is 9.49. The van der Waals surface area contributed by atoms with E-state index in [1.54, 1.807) is 0 Å². The summed E-state index contributed by atoms with van der Waals surface area (Å²) in [5.41, 5.74) is 1.00. The molecule has 6 rings (SSSR count). The van der Waals surface area contributed by atoms with Crippen molar-refractivity contribution in [1.29, 1.82) is 0 Å². The first-order valence-electron chi connectivity index (χ1n) is 13.2. The van der Waals surface area contributed by atoms with Gasteiger partial charge >= 0.3 is 5.97 Å². The number of carbonyl (C=O) groups excluding carboxylic acids is 1. The minimum atomic E-state index is -0.183. The van der Waals surface area contributed by atoms with Crippen molar-refractivity contribution in [2.24, 2.45) is 23.2 Å². The van der Waals surface area contributed by atoms with Gasteiger partial charge in [0.25, 0.3) is 0 Å². The minimum Gasteiger partial charge on any atom is -0.491 e. The largest absolute Gasteiger partial charge is 0.491 e. The molecule has 0 radical (unpaired) electrons. The van der Waals surface area contributed by atoms with Crippen molar-refractivity contribution < 1.29 is 23.7 Å². The van der Waals surface area contributed by atoms with E-state index in [9.17, 15) is 4.79 Å². The monoisotopic (exact) mass is 477 g/mol. The van der Waals surface area contributed by atoms with Crippen LogP contribution in [0.5, 0.6) is 5.75 Å². The van der Waals surface area contributed by atoms with Gasteiger partial charge in [0.1, 0.15) is 24.9 Å². The van der Waals surface area contributed by atoms with Gasteiger partial charge in [-0.2, -0.15) is 0 Å². The van der Waals surface area contributed by atoms with E-state index < -0.39 is 0 Å². The van der Waals surface area contributed by atoms with Crippen LogP contribution in [0, 0.1) is 29.2 Å². The third-order valence-electron chi connectivity index (χ3n) is 7.94. The Balaban J connectivity index is 0.893. The number of benzene rings is 1. The molecule has 5 aliphatic rings. The summed E-state index contributed by atoms with van der Waals surface area (Å²) in [6.07, 6.45) is 20.6. The van der Waals surface area contributed by atoms with E-state index in [1.165, 1.54) is 24.8 Å². The van der Waals surface area contributed by atoms with E-state index in [0.717, 1.165) is 42.8 Å². The summed E-state index contributed by atoms with van der Waals surface area (Å²) in [6, 6.07) is 8.11. The van der Waals surface area contributed by atoms with Crippen LogP contribution in [0.1, 0.15) is 50.0 Å². The molecule has 0 heterocycles. The molecular formula is C30H37O5+. The summed E-state index contributed by atoms with van der Waals surface area (Å²) in [5, 5.41) is 0. The van der Waals surface area contributed by atoms with E-state index in [0.29, 0.717) is 39.6 Å². The second-order valence-corrected chi connectivity index (χ2v) is 10.6. The molecule has 4 saturated carbocycles. The Morgan fingerprint density at radius 2 is 1.43 bits per heavy atom. The fourth-order valence-electron chi connectivity index (χ4n) is 6.74. The molecule has 35 heavy (non-hydrogen) atoms. The topological polar surface area (TPSA) is 54.0 Å². The Hall–Kier alpha value is -2.46. The van der Waals surface area contributed by atoms with Gasteiger partial charge in [-0.3, -0.25) is 4.79 Å². The third kappa shape index (κ3) is 6.22. The zero-order chi connectivity index (χ0) is 23.9. The highest BCUT2D eigenvalue weighted by molar-refractivity contribution is 5.77. The lowest BCUT2D eigenvalue weighted by Crippen LogP contribution is -2.50. The van der Waals surface area contributed by atoms with Gasteiger partial charge in [-0.15, -0.1) is 0 Å². The van der Waals surface area contributed by atoms with Crippen LogP contribution in [0.2, 0.25) is 0 Å². The van der Waals surface area contributed by atoms with E-state index in [4.69, 9.17) is 18.9 Å². The molecule has 5 heteroatoms. The maximum absolute atomic E-state index is 12.8. The lowest BCUT2D eigenvalue weighted by molar-refractivity contribution is -0.173. The molecule has 4 fully saturated rings. The molecule has 1 unspecified atom stereocenters. The maximum Gasteiger partial charge on any atom is 0.312 e. The number of allylic oxidation sites excluding steroid dienone is 6. The number of esters is 1. The zero-order valence-corrected chi connectivity index (χ0v) is 20.5. The van der Waals surface area contributed by atoms with Gasteiger partial charge in [0.2, 0.25) is 0 Å². The Morgan fingerprint density at radius 1 is 0.800 bits per heavy atom. The van der Waals surface area contributed by atoms with Crippen LogP contribution in [0.15, 0.2) is 54.6 Å². The second-order valence-electron chi connectivity index (χ2n) is 10.6. The van der Waals surface area contributed by atoms with Gasteiger partial charge in [0.05, 0.1) is 44.0 Å². The quantitative estimate of drug-likeness (QED) is 0.228. The summed E-state index contributed by atoms with van der Waals surface area (Å²) in [5.74, 6) is 3.28. The smallest absolute Gasteiger partial charge is 0.312 e. The van der Waals surface area contributed by atoms with Gasteiger partial charge in [-0.1, -0.05) is 12.1 Å². The van der Waals surface area contributed by atoms with Crippen LogP contribution in [0.4, 0.5) is 0 Å².